The fourth-order valence-electron chi connectivity index (χ4n) is 1.37. The van der Waals surface area contributed by atoms with E-state index in [1.807, 2.05) is 12.1 Å². The van der Waals surface area contributed by atoms with Crippen LogP contribution in [-0.2, 0) is 0 Å². The standard InChI is InChI=1S/C10H11N3/c11-5-7-1-4-9(13-6-7)10(12)8-2-3-8/h1,4,6,8,10H,2-3,12H2. The number of hydrogen-bond donors (Lipinski definition) is 1. The molecular weight excluding hydrogens is 162 g/mol. The van der Waals surface area contributed by atoms with Crippen LogP contribution in [0.25, 0.3) is 0 Å². The van der Waals surface area contributed by atoms with Crippen molar-refractivity contribution in [1.29, 1.82) is 5.26 Å². The highest BCUT2D eigenvalue weighted by atomic mass is 14.8. The molecule has 1 aliphatic carbocycles. The van der Waals surface area contributed by atoms with E-state index in [1.54, 1.807) is 12.3 Å². The fourth-order valence-corrected chi connectivity index (χ4v) is 1.37. The smallest absolute Gasteiger partial charge is 0.101 e. The van der Waals surface area contributed by atoms with Crippen LogP contribution >= 0.6 is 0 Å². The number of hydrogen-bond acceptors (Lipinski definition) is 3. The predicted molar refractivity (Wildman–Crippen MR) is 48.6 cm³/mol. The second-order valence-corrected chi connectivity index (χ2v) is 3.45. The van der Waals surface area contributed by atoms with Crippen molar-refractivity contribution in [2.75, 3.05) is 0 Å². The Morgan fingerprint density at radius 3 is 2.77 bits per heavy atom. The second-order valence-electron chi connectivity index (χ2n) is 3.45. The van der Waals surface area contributed by atoms with Gasteiger partial charge in [0.25, 0.3) is 0 Å². The highest BCUT2D eigenvalue weighted by Crippen LogP contribution is 2.38. The van der Waals surface area contributed by atoms with Crippen molar-refractivity contribution in [3.05, 3.63) is 29.6 Å². The normalized spacial score (nSPS) is 17.8. The van der Waals surface area contributed by atoms with Crippen molar-refractivity contribution in [3.63, 3.8) is 0 Å². The Balaban J connectivity index is 2.17. The molecule has 1 heterocycles. The van der Waals surface area contributed by atoms with Crippen molar-refractivity contribution in [1.82, 2.24) is 4.98 Å². The molecule has 0 spiro atoms. The van der Waals surface area contributed by atoms with Gasteiger partial charge in [-0.15, -0.1) is 0 Å². The predicted octanol–water partition coefficient (Wildman–Crippen LogP) is 1.36. The van der Waals surface area contributed by atoms with Crippen LogP contribution in [0.3, 0.4) is 0 Å². The lowest BCUT2D eigenvalue weighted by molar-refractivity contribution is 0.615. The summed E-state index contributed by atoms with van der Waals surface area (Å²) >= 11 is 0. The summed E-state index contributed by atoms with van der Waals surface area (Å²) < 4.78 is 0. The number of nitriles is 1. The van der Waals surface area contributed by atoms with E-state index in [1.165, 1.54) is 12.8 Å². The Bertz CT molecular complexity index is 332. The topological polar surface area (TPSA) is 62.7 Å². The Kier molecular flexibility index (Phi) is 1.99. The summed E-state index contributed by atoms with van der Waals surface area (Å²) in [4.78, 5) is 4.16. The maximum atomic E-state index is 8.57. The number of nitrogens with zero attached hydrogens (tertiary/aromatic N) is 2. The molecule has 1 atom stereocenters. The Morgan fingerprint density at radius 1 is 1.54 bits per heavy atom. The minimum atomic E-state index is 0.0627. The summed E-state index contributed by atoms with van der Waals surface area (Å²) in [6.07, 6.45) is 4.00. The third-order valence-corrected chi connectivity index (χ3v) is 2.39. The van der Waals surface area contributed by atoms with E-state index in [0.29, 0.717) is 11.5 Å². The van der Waals surface area contributed by atoms with Crippen LogP contribution in [0, 0.1) is 17.2 Å². The average molecular weight is 173 g/mol. The van der Waals surface area contributed by atoms with Gasteiger partial charge in [-0.1, -0.05) is 0 Å². The molecule has 1 saturated carbocycles. The van der Waals surface area contributed by atoms with Gasteiger partial charge in [0.1, 0.15) is 6.07 Å². The molecule has 1 aliphatic rings. The molecule has 1 aromatic rings. The van der Waals surface area contributed by atoms with Gasteiger partial charge in [0.05, 0.1) is 11.3 Å². The van der Waals surface area contributed by atoms with E-state index in [9.17, 15) is 0 Å². The molecule has 0 bridgehead atoms. The quantitative estimate of drug-likeness (QED) is 0.734. The van der Waals surface area contributed by atoms with Crippen LogP contribution in [0.1, 0.15) is 30.1 Å². The molecule has 0 radical (unpaired) electrons. The lowest BCUT2D eigenvalue weighted by Gasteiger charge is -2.08. The van der Waals surface area contributed by atoms with Gasteiger partial charge < -0.3 is 5.73 Å². The summed E-state index contributed by atoms with van der Waals surface area (Å²) in [5.74, 6) is 0.612. The molecule has 1 unspecified atom stereocenters. The molecule has 0 amide bonds. The highest BCUT2D eigenvalue weighted by molar-refractivity contribution is 5.27. The Morgan fingerprint density at radius 2 is 2.31 bits per heavy atom. The van der Waals surface area contributed by atoms with Crippen molar-refractivity contribution in [3.8, 4) is 6.07 Å². The third kappa shape index (κ3) is 1.68. The van der Waals surface area contributed by atoms with Crippen molar-refractivity contribution in [2.45, 2.75) is 18.9 Å². The van der Waals surface area contributed by atoms with E-state index in [0.717, 1.165) is 5.69 Å². The van der Waals surface area contributed by atoms with Gasteiger partial charge in [-0.05, 0) is 30.9 Å². The molecule has 2 N–H and O–H groups in total. The monoisotopic (exact) mass is 173 g/mol. The molecule has 0 aliphatic heterocycles. The molecule has 1 aromatic heterocycles. The van der Waals surface area contributed by atoms with Crippen molar-refractivity contribution in [2.24, 2.45) is 11.7 Å². The summed E-state index contributed by atoms with van der Waals surface area (Å²) in [6, 6.07) is 5.71. The van der Waals surface area contributed by atoms with Gasteiger partial charge in [-0.3, -0.25) is 4.98 Å². The fraction of sp³-hybridized carbons (Fsp3) is 0.400. The maximum absolute atomic E-state index is 8.57. The van der Waals surface area contributed by atoms with Crippen LogP contribution in [0.15, 0.2) is 18.3 Å². The van der Waals surface area contributed by atoms with E-state index >= 15 is 0 Å². The zero-order chi connectivity index (χ0) is 9.26. The minimum absolute atomic E-state index is 0.0627. The van der Waals surface area contributed by atoms with Crippen LogP contribution in [0.4, 0.5) is 0 Å². The molecule has 0 aromatic carbocycles. The van der Waals surface area contributed by atoms with Gasteiger partial charge >= 0.3 is 0 Å². The summed E-state index contributed by atoms with van der Waals surface area (Å²) in [5.41, 5.74) is 7.44. The molecule has 13 heavy (non-hydrogen) atoms. The first-order chi connectivity index (χ1) is 6.31. The lowest BCUT2D eigenvalue weighted by Crippen LogP contribution is -2.13. The summed E-state index contributed by atoms with van der Waals surface area (Å²) in [5, 5.41) is 8.57. The first-order valence-corrected chi connectivity index (χ1v) is 4.43. The minimum Gasteiger partial charge on any atom is -0.322 e. The van der Waals surface area contributed by atoms with E-state index < -0.39 is 0 Å². The number of rotatable bonds is 2. The van der Waals surface area contributed by atoms with Gasteiger partial charge in [0.2, 0.25) is 0 Å². The maximum Gasteiger partial charge on any atom is 0.101 e. The molecule has 1 fully saturated rings. The van der Waals surface area contributed by atoms with Crippen molar-refractivity contribution < 1.29 is 0 Å². The van der Waals surface area contributed by atoms with Gasteiger partial charge in [0, 0.05) is 12.2 Å². The number of pyridine rings is 1. The Hall–Kier alpha value is -1.40. The highest BCUT2D eigenvalue weighted by Gasteiger charge is 2.30. The van der Waals surface area contributed by atoms with Gasteiger partial charge in [0.15, 0.2) is 0 Å². The van der Waals surface area contributed by atoms with E-state index in [-0.39, 0.29) is 6.04 Å². The number of aromatic nitrogens is 1. The molecule has 2 rings (SSSR count). The summed E-state index contributed by atoms with van der Waals surface area (Å²) in [6.45, 7) is 0. The molecular formula is C10H11N3. The molecule has 3 heteroatoms. The van der Waals surface area contributed by atoms with Crippen LogP contribution in [0.5, 0.6) is 0 Å². The van der Waals surface area contributed by atoms with Crippen LogP contribution in [0.2, 0.25) is 0 Å². The largest absolute Gasteiger partial charge is 0.322 e. The zero-order valence-electron chi connectivity index (χ0n) is 7.27. The molecule has 0 saturated heterocycles. The SMILES string of the molecule is N#Cc1ccc(C(N)C2CC2)nc1. The van der Waals surface area contributed by atoms with E-state index in [2.05, 4.69) is 4.98 Å². The van der Waals surface area contributed by atoms with Crippen LogP contribution in [-0.4, -0.2) is 4.98 Å². The molecule has 3 nitrogen and oxygen atoms in total. The first kappa shape index (κ1) is 8.21. The van der Waals surface area contributed by atoms with E-state index in [4.69, 9.17) is 11.0 Å². The van der Waals surface area contributed by atoms with Crippen molar-refractivity contribution >= 4 is 0 Å². The van der Waals surface area contributed by atoms with Gasteiger partial charge in [-0.25, -0.2) is 0 Å². The average Bonchev–Trinajstić information content (AvgIpc) is 3.00. The number of nitrogens with two attached hydrogens (primary N) is 1. The first-order valence-electron chi connectivity index (χ1n) is 4.43. The lowest BCUT2D eigenvalue weighted by atomic mass is 10.1. The van der Waals surface area contributed by atoms with Gasteiger partial charge in [-0.2, -0.15) is 5.26 Å². The second kappa shape index (κ2) is 3.15. The van der Waals surface area contributed by atoms with Crippen LogP contribution < -0.4 is 5.73 Å². The zero-order valence-corrected chi connectivity index (χ0v) is 7.27. The molecule has 66 valence electrons. The Labute approximate surface area is 77.2 Å². The summed E-state index contributed by atoms with van der Waals surface area (Å²) in [7, 11) is 0. The third-order valence-electron chi connectivity index (χ3n) is 2.39.